The van der Waals surface area contributed by atoms with Crippen LogP contribution >= 0.6 is 11.3 Å². The highest BCUT2D eigenvalue weighted by Crippen LogP contribution is 2.35. The van der Waals surface area contributed by atoms with E-state index in [-0.39, 0.29) is 42.5 Å². The first-order valence-corrected chi connectivity index (χ1v) is 11.2. The van der Waals surface area contributed by atoms with Crippen LogP contribution < -0.4 is 5.32 Å². The Hall–Kier alpha value is -3.32. The molecule has 2 heterocycles. The van der Waals surface area contributed by atoms with Crippen molar-refractivity contribution in [2.75, 3.05) is 11.9 Å². The van der Waals surface area contributed by atoms with Gasteiger partial charge in [-0.3, -0.25) is 19.3 Å². The minimum absolute atomic E-state index is 0.0647. The molecule has 3 amide bonds. The molecule has 3 aromatic rings. The van der Waals surface area contributed by atoms with Crippen LogP contribution in [0.2, 0.25) is 0 Å². The second-order valence-corrected chi connectivity index (χ2v) is 8.74. The number of imide groups is 1. The van der Waals surface area contributed by atoms with E-state index in [9.17, 15) is 14.4 Å². The van der Waals surface area contributed by atoms with Crippen LogP contribution in [-0.4, -0.2) is 34.2 Å². The summed E-state index contributed by atoms with van der Waals surface area (Å²) in [6.45, 7) is 0.111. The Balaban J connectivity index is 1.21. The number of benzene rings is 2. The molecule has 2 atom stereocenters. The number of anilines is 1. The van der Waals surface area contributed by atoms with Gasteiger partial charge in [-0.2, -0.15) is 0 Å². The van der Waals surface area contributed by atoms with Gasteiger partial charge in [0.1, 0.15) is 0 Å². The first kappa shape index (κ1) is 19.6. The van der Waals surface area contributed by atoms with E-state index in [1.54, 1.807) is 0 Å². The molecule has 2 aromatic carbocycles. The summed E-state index contributed by atoms with van der Waals surface area (Å²) in [4.78, 5) is 43.2. The summed E-state index contributed by atoms with van der Waals surface area (Å²) in [5.41, 5.74) is 1.78. The summed E-state index contributed by atoms with van der Waals surface area (Å²) in [5.74, 6) is -1.08. The van der Waals surface area contributed by atoms with Crippen LogP contribution in [0.1, 0.15) is 19.3 Å². The molecule has 2 unspecified atom stereocenters. The third-order valence-corrected chi connectivity index (χ3v) is 6.71. The summed E-state index contributed by atoms with van der Waals surface area (Å²) in [5, 5.41) is 7.50. The number of rotatable bonds is 5. The third kappa shape index (κ3) is 3.77. The van der Waals surface area contributed by atoms with Gasteiger partial charge in [0.15, 0.2) is 5.13 Å². The summed E-state index contributed by atoms with van der Waals surface area (Å²) in [7, 11) is 0. The van der Waals surface area contributed by atoms with E-state index in [1.807, 2.05) is 35.7 Å². The van der Waals surface area contributed by atoms with Crippen molar-refractivity contribution in [1.82, 2.24) is 9.88 Å². The molecule has 156 valence electrons. The number of fused-ring (bicyclic) bond motifs is 2. The molecule has 2 aliphatic rings. The second-order valence-electron chi connectivity index (χ2n) is 7.88. The monoisotopic (exact) mass is 431 g/mol. The zero-order chi connectivity index (χ0) is 21.4. The lowest BCUT2D eigenvalue weighted by Crippen LogP contribution is -2.34. The molecule has 1 aromatic heterocycles. The molecule has 1 aliphatic heterocycles. The Labute approximate surface area is 183 Å². The van der Waals surface area contributed by atoms with E-state index in [2.05, 4.69) is 34.6 Å². The lowest BCUT2D eigenvalue weighted by atomic mass is 9.85. The second kappa shape index (κ2) is 8.07. The first-order chi connectivity index (χ1) is 15.1. The molecule has 0 radical (unpaired) electrons. The molecular formula is C24H21N3O3S. The van der Waals surface area contributed by atoms with Crippen molar-refractivity contribution in [2.24, 2.45) is 11.8 Å². The van der Waals surface area contributed by atoms with Crippen molar-refractivity contribution < 1.29 is 14.4 Å². The van der Waals surface area contributed by atoms with Crippen molar-refractivity contribution in [3.8, 4) is 11.3 Å². The van der Waals surface area contributed by atoms with Gasteiger partial charge in [-0.25, -0.2) is 4.98 Å². The summed E-state index contributed by atoms with van der Waals surface area (Å²) in [6, 6.07) is 14.3. The lowest BCUT2D eigenvalue weighted by molar-refractivity contribution is -0.140. The van der Waals surface area contributed by atoms with E-state index < -0.39 is 0 Å². The summed E-state index contributed by atoms with van der Waals surface area (Å²) < 4.78 is 0. The van der Waals surface area contributed by atoms with Gasteiger partial charge < -0.3 is 5.32 Å². The van der Waals surface area contributed by atoms with Crippen molar-refractivity contribution in [3.05, 3.63) is 60.0 Å². The molecule has 0 spiro atoms. The predicted octanol–water partition coefficient (Wildman–Crippen LogP) is 4.24. The van der Waals surface area contributed by atoms with E-state index >= 15 is 0 Å². The zero-order valence-electron chi connectivity index (χ0n) is 16.8. The topological polar surface area (TPSA) is 79.4 Å². The molecule has 6 nitrogen and oxygen atoms in total. The quantitative estimate of drug-likeness (QED) is 0.484. The van der Waals surface area contributed by atoms with E-state index in [0.29, 0.717) is 18.0 Å². The number of nitrogens with one attached hydrogen (secondary N) is 1. The Morgan fingerprint density at radius 3 is 2.48 bits per heavy atom. The highest BCUT2D eigenvalue weighted by molar-refractivity contribution is 7.14. The van der Waals surface area contributed by atoms with Gasteiger partial charge in [0, 0.05) is 23.9 Å². The van der Waals surface area contributed by atoms with Gasteiger partial charge >= 0.3 is 0 Å². The Morgan fingerprint density at radius 1 is 1.03 bits per heavy atom. The van der Waals surface area contributed by atoms with Crippen LogP contribution in [0.3, 0.4) is 0 Å². The smallest absolute Gasteiger partial charge is 0.233 e. The van der Waals surface area contributed by atoms with Crippen LogP contribution in [0, 0.1) is 11.8 Å². The number of aromatic nitrogens is 1. The number of hydrogen-bond acceptors (Lipinski definition) is 5. The molecule has 1 fully saturated rings. The average Bonchev–Trinajstić information content (AvgIpc) is 3.35. The van der Waals surface area contributed by atoms with Crippen LogP contribution in [-0.2, 0) is 14.4 Å². The lowest BCUT2D eigenvalue weighted by Gasteiger charge is -2.14. The molecule has 31 heavy (non-hydrogen) atoms. The number of carbonyl (C=O) groups is 3. The fraction of sp³-hybridized carbons (Fsp3) is 0.250. The van der Waals surface area contributed by atoms with Crippen LogP contribution in [0.25, 0.3) is 22.0 Å². The fourth-order valence-electron chi connectivity index (χ4n) is 4.30. The van der Waals surface area contributed by atoms with Crippen molar-refractivity contribution in [1.29, 1.82) is 0 Å². The van der Waals surface area contributed by atoms with Crippen molar-refractivity contribution in [2.45, 2.75) is 19.3 Å². The Bertz CT molecular complexity index is 1190. The number of hydrogen-bond donors (Lipinski definition) is 1. The molecular weight excluding hydrogens is 410 g/mol. The largest absolute Gasteiger partial charge is 0.302 e. The number of amides is 3. The van der Waals surface area contributed by atoms with Crippen LogP contribution in [0.5, 0.6) is 0 Å². The van der Waals surface area contributed by atoms with Gasteiger partial charge in [0.05, 0.1) is 17.5 Å². The van der Waals surface area contributed by atoms with Gasteiger partial charge in [-0.15, -0.1) is 11.3 Å². The Kier molecular flexibility index (Phi) is 5.11. The molecule has 1 saturated heterocycles. The summed E-state index contributed by atoms with van der Waals surface area (Å²) >= 11 is 1.35. The highest BCUT2D eigenvalue weighted by Gasteiger charge is 2.46. The highest BCUT2D eigenvalue weighted by atomic mass is 32.1. The van der Waals surface area contributed by atoms with E-state index in [4.69, 9.17) is 0 Å². The molecule has 5 rings (SSSR count). The van der Waals surface area contributed by atoms with Gasteiger partial charge in [0.25, 0.3) is 0 Å². The number of thiazole rings is 1. The maximum atomic E-state index is 12.5. The summed E-state index contributed by atoms with van der Waals surface area (Å²) in [6.07, 6.45) is 5.19. The normalized spacial score (nSPS) is 20.3. The zero-order valence-corrected chi connectivity index (χ0v) is 17.6. The predicted molar refractivity (Wildman–Crippen MR) is 120 cm³/mol. The minimum atomic E-state index is -0.260. The third-order valence-electron chi connectivity index (χ3n) is 5.96. The van der Waals surface area contributed by atoms with Crippen molar-refractivity contribution >= 4 is 45.0 Å². The molecule has 7 heteroatoms. The number of carbonyl (C=O) groups excluding carboxylic acids is 3. The Morgan fingerprint density at radius 2 is 1.74 bits per heavy atom. The van der Waals surface area contributed by atoms with E-state index in [0.717, 1.165) is 22.0 Å². The number of nitrogens with zero attached hydrogens (tertiary/aromatic N) is 2. The minimum Gasteiger partial charge on any atom is -0.302 e. The molecule has 0 saturated carbocycles. The van der Waals surface area contributed by atoms with Crippen LogP contribution in [0.15, 0.2) is 60.0 Å². The molecule has 1 N–H and O–H groups in total. The standard InChI is InChI=1S/C24H21N3O3S/c28-21(11-12-27-22(29)18-7-3-4-8-19(18)23(27)30)26-24-25-20(14-31-24)17-10-9-15-5-1-2-6-16(15)13-17/h1-6,9-10,13-14,18-19H,7-8,11-12H2,(H,25,26,28). The SMILES string of the molecule is O=C(CCN1C(=O)C2CC=CCC2C1=O)Nc1nc(-c2ccc3ccccc3c2)cs1. The van der Waals surface area contributed by atoms with Crippen LogP contribution in [0.4, 0.5) is 5.13 Å². The molecule has 0 bridgehead atoms. The maximum absolute atomic E-state index is 12.5. The number of likely N-dealkylation sites (tertiary alicyclic amines) is 1. The number of allylic oxidation sites excluding steroid dienone is 2. The van der Waals surface area contributed by atoms with Crippen molar-refractivity contribution in [3.63, 3.8) is 0 Å². The van der Waals surface area contributed by atoms with Gasteiger partial charge in [0.2, 0.25) is 17.7 Å². The van der Waals surface area contributed by atoms with E-state index in [1.165, 1.54) is 16.2 Å². The molecule has 1 aliphatic carbocycles. The van der Waals surface area contributed by atoms with Gasteiger partial charge in [-0.05, 0) is 29.7 Å². The first-order valence-electron chi connectivity index (χ1n) is 10.3. The maximum Gasteiger partial charge on any atom is 0.233 e. The van der Waals surface area contributed by atoms with Gasteiger partial charge in [-0.1, -0.05) is 48.6 Å². The fourth-order valence-corrected chi connectivity index (χ4v) is 5.03. The average molecular weight is 432 g/mol.